The molecule has 2 heterocycles. The highest BCUT2D eigenvalue weighted by Crippen LogP contribution is 2.34. The number of rotatable bonds is 2. The molecule has 2 unspecified atom stereocenters. The summed E-state index contributed by atoms with van der Waals surface area (Å²) in [6, 6.07) is 8.23. The van der Waals surface area contributed by atoms with Crippen LogP contribution >= 0.6 is 12.4 Å². The summed E-state index contributed by atoms with van der Waals surface area (Å²) in [5.74, 6) is 1.05. The van der Waals surface area contributed by atoms with Gasteiger partial charge in [-0.3, -0.25) is 4.79 Å². The van der Waals surface area contributed by atoms with Crippen molar-refractivity contribution in [3.8, 4) is 5.75 Å². The molecule has 110 valence electrons. The first-order chi connectivity index (χ1) is 9.27. The molecule has 1 aromatic carbocycles. The van der Waals surface area contributed by atoms with Crippen LogP contribution in [0.5, 0.6) is 5.75 Å². The maximum atomic E-state index is 12.7. The average Bonchev–Trinajstić information content (AvgIpc) is 2.99. The van der Waals surface area contributed by atoms with Gasteiger partial charge in [0.15, 0.2) is 0 Å². The molecule has 0 spiro atoms. The predicted octanol–water partition coefficient (Wildman–Crippen LogP) is 1.79. The molecule has 1 fully saturated rings. The number of nitrogens with one attached hydrogen (secondary N) is 1. The minimum Gasteiger partial charge on any atom is -0.493 e. The fraction of sp³-hybridized carbons (Fsp3) is 0.533. The third kappa shape index (κ3) is 2.76. The van der Waals surface area contributed by atoms with Crippen LogP contribution in [0.25, 0.3) is 0 Å². The maximum Gasteiger partial charge on any atom is 0.230 e. The normalized spacial score (nSPS) is 24.2. The molecule has 0 bridgehead atoms. The molecule has 1 saturated heterocycles. The van der Waals surface area contributed by atoms with E-state index in [-0.39, 0.29) is 24.2 Å². The van der Waals surface area contributed by atoms with E-state index in [4.69, 9.17) is 4.74 Å². The highest BCUT2D eigenvalue weighted by Gasteiger charge is 2.32. The van der Waals surface area contributed by atoms with E-state index in [9.17, 15) is 4.79 Å². The number of carbonyl (C=O) groups excluding carboxylic acids is 1. The van der Waals surface area contributed by atoms with Crippen LogP contribution in [0.2, 0.25) is 0 Å². The number of hydrogen-bond donors (Lipinski definition) is 1. The molecule has 2 aliphatic heterocycles. The molecule has 1 N–H and O–H groups in total. The average molecular weight is 297 g/mol. The Balaban J connectivity index is 0.00000147. The Labute approximate surface area is 125 Å². The lowest BCUT2D eigenvalue weighted by Gasteiger charge is -2.31. The van der Waals surface area contributed by atoms with Crippen LogP contribution < -0.4 is 10.1 Å². The predicted molar refractivity (Wildman–Crippen MR) is 80.6 cm³/mol. The van der Waals surface area contributed by atoms with E-state index in [2.05, 4.69) is 5.32 Å². The van der Waals surface area contributed by atoms with Gasteiger partial charge in [-0.2, -0.15) is 0 Å². The molecule has 0 radical (unpaired) electrons. The fourth-order valence-electron chi connectivity index (χ4n) is 2.99. The van der Waals surface area contributed by atoms with Gasteiger partial charge in [-0.25, -0.2) is 0 Å². The van der Waals surface area contributed by atoms with Gasteiger partial charge in [0.25, 0.3) is 0 Å². The third-order valence-electron chi connectivity index (χ3n) is 4.19. The van der Waals surface area contributed by atoms with Crippen LogP contribution in [0.15, 0.2) is 24.3 Å². The van der Waals surface area contributed by atoms with Crippen LogP contribution in [0.4, 0.5) is 0 Å². The molecule has 1 aromatic rings. The molecule has 2 atom stereocenters. The van der Waals surface area contributed by atoms with Crippen LogP contribution in [0, 0.1) is 0 Å². The van der Waals surface area contributed by atoms with E-state index in [1.165, 1.54) is 0 Å². The van der Waals surface area contributed by atoms with E-state index in [1.807, 2.05) is 36.2 Å². The van der Waals surface area contributed by atoms with Gasteiger partial charge >= 0.3 is 0 Å². The standard InChI is InChI=1S/C15H20N2O2.ClH/c1-17(11-6-8-16-10-11)15(18)13-7-9-19-14-5-3-2-4-12(13)14;/h2-5,11,13,16H,6-10H2,1H3;1H. The molecular weight excluding hydrogens is 276 g/mol. The molecule has 5 heteroatoms. The lowest BCUT2D eigenvalue weighted by Crippen LogP contribution is -2.42. The first-order valence-electron chi connectivity index (χ1n) is 6.96. The monoisotopic (exact) mass is 296 g/mol. The minimum absolute atomic E-state index is 0. The Morgan fingerprint density at radius 3 is 2.90 bits per heavy atom. The summed E-state index contributed by atoms with van der Waals surface area (Å²) < 4.78 is 5.63. The van der Waals surface area contributed by atoms with E-state index in [1.54, 1.807) is 0 Å². The first kappa shape index (κ1) is 15.1. The summed E-state index contributed by atoms with van der Waals surface area (Å²) in [7, 11) is 1.93. The van der Waals surface area contributed by atoms with Crippen molar-refractivity contribution in [3.05, 3.63) is 29.8 Å². The van der Waals surface area contributed by atoms with Crippen molar-refractivity contribution in [2.45, 2.75) is 24.8 Å². The molecule has 0 saturated carbocycles. The number of carbonyl (C=O) groups is 1. The van der Waals surface area contributed by atoms with Crippen LogP contribution in [-0.4, -0.2) is 43.6 Å². The van der Waals surface area contributed by atoms with Gasteiger partial charge in [0.1, 0.15) is 5.75 Å². The molecule has 2 aliphatic rings. The molecule has 20 heavy (non-hydrogen) atoms. The number of nitrogens with zero attached hydrogens (tertiary/aromatic N) is 1. The van der Waals surface area contributed by atoms with Crippen LogP contribution in [-0.2, 0) is 4.79 Å². The Morgan fingerprint density at radius 2 is 2.15 bits per heavy atom. The number of likely N-dealkylation sites (N-methyl/N-ethyl adjacent to an activating group) is 1. The first-order valence-corrected chi connectivity index (χ1v) is 6.96. The van der Waals surface area contributed by atoms with Gasteiger partial charge < -0.3 is 15.0 Å². The van der Waals surface area contributed by atoms with Gasteiger partial charge in [-0.15, -0.1) is 12.4 Å². The summed E-state index contributed by atoms with van der Waals surface area (Å²) in [6.45, 7) is 2.55. The quantitative estimate of drug-likeness (QED) is 0.905. The van der Waals surface area contributed by atoms with Crippen molar-refractivity contribution in [1.29, 1.82) is 0 Å². The second-order valence-corrected chi connectivity index (χ2v) is 5.32. The summed E-state index contributed by atoms with van der Waals surface area (Å²) >= 11 is 0. The van der Waals surface area contributed by atoms with Crippen molar-refractivity contribution in [1.82, 2.24) is 10.2 Å². The van der Waals surface area contributed by atoms with Crippen molar-refractivity contribution >= 4 is 18.3 Å². The van der Waals surface area contributed by atoms with Crippen molar-refractivity contribution in [3.63, 3.8) is 0 Å². The largest absolute Gasteiger partial charge is 0.493 e. The van der Waals surface area contributed by atoms with Crippen LogP contribution in [0.3, 0.4) is 0 Å². The Hall–Kier alpha value is -1.26. The van der Waals surface area contributed by atoms with E-state index >= 15 is 0 Å². The molecule has 0 aromatic heterocycles. The minimum atomic E-state index is -0.0458. The van der Waals surface area contributed by atoms with Crippen LogP contribution in [0.1, 0.15) is 24.3 Å². The number of halogens is 1. The van der Waals surface area contributed by atoms with Gasteiger partial charge in [0.05, 0.1) is 12.5 Å². The second-order valence-electron chi connectivity index (χ2n) is 5.32. The number of fused-ring (bicyclic) bond motifs is 1. The Kier molecular flexibility index (Phi) is 4.89. The van der Waals surface area contributed by atoms with Gasteiger partial charge in [-0.05, 0) is 25.5 Å². The molecule has 1 amide bonds. The number of benzene rings is 1. The number of hydrogen-bond acceptors (Lipinski definition) is 3. The van der Waals surface area contributed by atoms with Crippen molar-refractivity contribution < 1.29 is 9.53 Å². The zero-order chi connectivity index (χ0) is 13.2. The topological polar surface area (TPSA) is 41.6 Å². The smallest absolute Gasteiger partial charge is 0.230 e. The van der Waals surface area contributed by atoms with E-state index in [0.717, 1.165) is 37.2 Å². The summed E-state index contributed by atoms with van der Waals surface area (Å²) in [4.78, 5) is 14.6. The summed E-state index contributed by atoms with van der Waals surface area (Å²) in [5.41, 5.74) is 1.04. The van der Waals surface area contributed by atoms with Gasteiger partial charge in [-0.1, -0.05) is 18.2 Å². The molecule has 4 nitrogen and oxygen atoms in total. The maximum absolute atomic E-state index is 12.7. The molecule has 0 aliphatic carbocycles. The lowest BCUT2D eigenvalue weighted by atomic mass is 9.91. The van der Waals surface area contributed by atoms with E-state index < -0.39 is 0 Å². The molecular formula is C15H21ClN2O2. The van der Waals surface area contributed by atoms with Gasteiger partial charge in [0, 0.05) is 25.2 Å². The number of ether oxygens (including phenoxy) is 1. The highest BCUT2D eigenvalue weighted by atomic mass is 35.5. The number of amides is 1. The Bertz CT molecular complexity index is 475. The van der Waals surface area contributed by atoms with Gasteiger partial charge in [0.2, 0.25) is 5.91 Å². The van der Waals surface area contributed by atoms with Crippen molar-refractivity contribution in [2.75, 3.05) is 26.7 Å². The lowest BCUT2D eigenvalue weighted by molar-refractivity contribution is -0.134. The third-order valence-corrected chi connectivity index (χ3v) is 4.19. The fourth-order valence-corrected chi connectivity index (χ4v) is 2.99. The zero-order valence-electron chi connectivity index (χ0n) is 11.7. The summed E-state index contributed by atoms with van der Waals surface area (Å²) in [6.07, 6.45) is 1.83. The Morgan fingerprint density at radius 1 is 1.35 bits per heavy atom. The zero-order valence-corrected chi connectivity index (χ0v) is 12.5. The second kappa shape index (κ2) is 6.46. The number of para-hydroxylation sites is 1. The highest BCUT2D eigenvalue weighted by molar-refractivity contribution is 5.85. The SMILES string of the molecule is CN(C(=O)C1CCOc2ccccc21)C1CCNC1.Cl. The molecule has 3 rings (SSSR count). The van der Waals surface area contributed by atoms with Crippen molar-refractivity contribution in [2.24, 2.45) is 0 Å². The van der Waals surface area contributed by atoms with E-state index in [0.29, 0.717) is 12.6 Å². The summed E-state index contributed by atoms with van der Waals surface area (Å²) in [5, 5.41) is 3.31.